The van der Waals surface area contributed by atoms with Crippen LogP contribution in [0.25, 0.3) is 0 Å². The maximum absolute atomic E-state index is 4.31. The Hall–Kier alpha value is -2.01. The van der Waals surface area contributed by atoms with Gasteiger partial charge in [-0.1, -0.05) is 6.07 Å². The molecule has 0 radical (unpaired) electrons. The fourth-order valence-corrected chi connectivity index (χ4v) is 2.50. The van der Waals surface area contributed by atoms with Gasteiger partial charge in [0.15, 0.2) is 0 Å². The van der Waals surface area contributed by atoms with Crippen LogP contribution in [-0.2, 0) is 6.42 Å². The average Bonchev–Trinajstić information content (AvgIpc) is 2.55. The van der Waals surface area contributed by atoms with Gasteiger partial charge in [-0.15, -0.1) is 0 Å². The van der Waals surface area contributed by atoms with Crippen molar-refractivity contribution in [3.63, 3.8) is 0 Å². The van der Waals surface area contributed by atoms with Crippen LogP contribution in [0.4, 0.5) is 5.82 Å². The van der Waals surface area contributed by atoms with Crippen molar-refractivity contribution >= 4 is 5.82 Å². The Bertz CT molecular complexity index is 508. The Balaban J connectivity index is 1.47. The van der Waals surface area contributed by atoms with Crippen LogP contribution in [0.2, 0.25) is 0 Å². The maximum Gasteiger partial charge on any atom is 0.131 e. The van der Waals surface area contributed by atoms with Gasteiger partial charge in [0.25, 0.3) is 0 Å². The quantitative estimate of drug-likeness (QED) is 0.835. The molecule has 5 nitrogen and oxygen atoms in total. The van der Waals surface area contributed by atoms with Crippen LogP contribution >= 0.6 is 0 Å². The molecule has 1 aliphatic heterocycles. The molecule has 0 aromatic carbocycles. The number of rotatable bonds is 4. The van der Waals surface area contributed by atoms with E-state index in [0.29, 0.717) is 0 Å². The van der Waals surface area contributed by atoms with Crippen LogP contribution in [-0.4, -0.2) is 52.6 Å². The van der Waals surface area contributed by atoms with E-state index in [1.165, 1.54) is 5.56 Å². The van der Waals surface area contributed by atoms with Gasteiger partial charge in [0.05, 0.1) is 0 Å². The summed E-state index contributed by atoms with van der Waals surface area (Å²) in [5, 5.41) is 0. The molecule has 104 valence electrons. The van der Waals surface area contributed by atoms with E-state index in [2.05, 4.69) is 30.8 Å². The molecule has 2 aromatic rings. The number of aromatic nitrogens is 3. The zero-order chi connectivity index (χ0) is 13.6. The standard InChI is InChI=1S/C15H19N5/c1-2-14(12-16-5-1)4-7-19-8-10-20(11-9-19)15-3-6-17-13-18-15/h1-3,5-6,12-13H,4,7-11H2. The summed E-state index contributed by atoms with van der Waals surface area (Å²) in [4.78, 5) is 17.3. The van der Waals surface area contributed by atoms with Crippen molar-refractivity contribution in [3.05, 3.63) is 48.7 Å². The van der Waals surface area contributed by atoms with Crippen molar-refractivity contribution in [1.82, 2.24) is 19.9 Å². The zero-order valence-electron chi connectivity index (χ0n) is 11.5. The lowest BCUT2D eigenvalue weighted by Crippen LogP contribution is -2.47. The van der Waals surface area contributed by atoms with Crippen LogP contribution in [0.1, 0.15) is 5.56 Å². The van der Waals surface area contributed by atoms with Crippen molar-refractivity contribution in [2.45, 2.75) is 6.42 Å². The molecule has 5 heteroatoms. The summed E-state index contributed by atoms with van der Waals surface area (Å²) in [6, 6.07) is 6.12. The first kappa shape index (κ1) is 13.0. The Morgan fingerprint density at radius 1 is 1.00 bits per heavy atom. The monoisotopic (exact) mass is 269 g/mol. The van der Waals surface area contributed by atoms with Crippen molar-refractivity contribution < 1.29 is 0 Å². The first-order chi connectivity index (χ1) is 9.92. The van der Waals surface area contributed by atoms with Crippen LogP contribution in [0.3, 0.4) is 0 Å². The zero-order valence-corrected chi connectivity index (χ0v) is 11.5. The minimum atomic E-state index is 1.03. The second-order valence-electron chi connectivity index (χ2n) is 5.01. The lowest BCUT2D eigenvalue weighted by molar-refractivity contribution is 0.260. The molecule has 0 spiro atoms. The van der Waals surface area contributed by atoms with Gasteiger partial charge in [-0.25, -0.2) is 9.97 Å². The molecule has 2 aromatic heterocycles. The number of pyridine rings is 1. The topological polar surface area (TPSA) is 45.2 Å². The highest BCUT2D eigenvalue weighted by Gasteiger charge is 2.17. The summed E-state index contributed by atoms with van der Waals surface area (Å²) < 4.78 is 0. The third-order valence-electron chi connectivity index (χ3n) is 3.70. The highest BCUT2D eigenvalue weighted by molar-refractivity contribution is 5.36. The Kier molecular flexibility index (Phi) is 4.18. The minimum Gasteiger partial charge on any atom is -0.354 e. The van der Waals surface area contributed by atoms with Gasteiger partial charge in [-0.05, 0) is 24.1 Å². The molecule has 20 heavy (non-hydrogen) atoms. The smallest absolute Gasteiger partial charge is 0.131 e. The van der Waals surface area contributed by atoms with Gasteiger partial charge in [0.1, 0.15) is 12.1 Å². The molecule has 0 N–H and O–H groups in total. The van der Waals surface area contributed by atoms with Gasteiger partial charge in [0, 0.05) is 51.3 Å². The molecular formula is C15H19N5. The first-order valence-electron chi connectivity index (χ1n) is 7.04. The van der Waals surface area contributed by atoms with E-state index in [0.717, 1.165) is 45.0 Å². The third-order valence-corrected chi connectivity index (χ3v) is 3.70. The van der Waals surface area contributed by atoms with E-state index in [9.17, 15) is 0 Å². The Labute approximate surface area is 119 Å². The minimum absolute atomic E-state index is 1.03. The number of nitrogens with zero attached hydrogens (tertiary/aromatic N) is 5. The molecule has 1 saturated heterocycles. The maximum atomic E-state index is 4.31. The number of hydrogen-bond acceptors (Lipinski definition) is 5. The largest absolute Gasteiger partial charge is 0.354 e. The summed E-state index contributed by atoms with van der Waals surface area (Å²) in [6.45, 7) is 5.34. The van der Waals surface area contributed by atoms with Crippen molar-refractivity contribution in [2.75, 3.05) is 37.6 Å². The third kappa shape index (κ3) is 3.30. The predicted octanol–water partition coefficient (Wildman–Crippen LogP) is 1.24. The van der Waals surface area contributed by atoms with Gasteiger partial charge in [-0.3, -0.25) is 9.88 Å². The number of anilines is 1. The molecule has 3 rings (SSSR count). The summed E-state index contributed by atoms with van der Waals surface area (Å²) in [5.74, 6) is 1.03. The van der Waals surface area contributed by atoms with Gasteiger partial charge < -0.3 is 4.90 Å². The molecule has 3 heterocycles. The molecule has 0 unspecified atom stereocenters. The first-order valence-corrected chi connectivity index (χ1v) is 7.04. The van der Waals surface area contributed by atoms with Crippen LogP contribution in [0.5, 0.6) is 0 Å². The number of hydrogen-bond donors (Lipinski definition) is 0. The normalized spacial score (nSPS) is 16.3. The van der Waals surface area contributed by atoms with E-state index >= 15 is 0 Å². The molecule has 0 bridgehead atoms. The summed E-state index contributed by atoms with van der Waals surface area (Å²) in [5.41, 5.74) is 1.31. The molecule has 1 fully saturated rings. The Morgan fingerprint density at radius 2 is 1.90 bits per heavy atom. The summed E-state index contributed by atoms with van der Waals surface area (Å²) in [7, 11) is 0. The Morgan fingerprint density at radius 3 is 2.60 bits per heavy atom. The van der Waals surface area contributed by atoms with Crippen LogP contribution in [0, 0.1) is 0 Å². The van der Waals surface area contributed by atoms with E-state index in [1.807, 2.05) is 24.5 Å². The van der Waals surface area contributed by atoms with Crippen molar-refractivity contribution in [2.24, 2.45) is 0 Å². The van der Waals surface area contributed by atoms with E-state index in [4.69, 9.17) is 0 Å². The molecule has 1 aliphatic rings. The predicted molar refractivity (Wildman–Crippen MR) is 78.6 cm³/mol. The second-order valence-corrected chi connectivity index (χ2v) is 5.01. The molecular weight excluding hydrogens is 250 g/mol. The number of piperazine rings is 1. The molecule has 0 aliphatic carbocycles. The second kappa shape index (κ2) is 6.43. The van der Waals surface area contributed by atoms with Gasteiger partial charge in [0.2, 0.25) is 0 Å². The van der Waals surface area contributed by atoms with Gasteiger partial charge >= 0.3 is 0 Å². The highest BCUT2D eigenvalue weighted by atomic mass is 15.3. The lowest BCUT2D eigenvalue weighted by atomic mass is 10.2. The summed E-state index contributed by atoms with van der Waals surface area (Å²) in [6.07, 6.45) is 8.27. The summed E-state index contributed by atoms with van der Waals surface area (Å²) >= 11 is 0. The van der Waals surface area contributed by atoms with E-state index in [1.54, 1.807) is 12.5 Å². The molecule has 0 saturated carbocycles. The van der Waals surface area contributed by atoms with E-state index in [-0.39, 0.29) is 0 Å². The molecule has 0 amide bonds. The van der Waals surface area contributed by atoms with Crippen molar-refractivity contribution in [3.8, 4) is 0 Å². The fraction of sp³-hybridized carbons (Fsp3) is 0.400. The van der Waals surface area contributed by atoms with E-state index < -0.39 is 0 Å². The molecule has 0 atom stereocenters. The van der Waals surface area contributed by atoms with Crippen molar-refractivity contribution in [1.29, 1.82) is 0 Å². The lowest BCUT2D eigenvalue weighted by Gasteiger charge is -2.35. The highest BCUT2D eigenvalue weighted by Crippen LogP contribution is 2.12. The van der Waals surface area contributed by atoms with Crippen LogP contribution < -0.4 is 4.90 Å². The average molecular weight is 269 g/mol. The fourth-order valence-electron chi connectivity index (χ4n) is 2.50. The van der Waals surface area contributed by atoms with Crippen LogP contribution in [0.15, 0.2) is 43.1 Å². The van der Waals surface area contributed by atoms with Gasteiger partial charge in [-0.2, -0.15) is 0 Å². The SMILES string of the molecule is c1cncc(CCN2CCN(c3ccncn3)CC2)c1.